The number of aromatic nitrogens is 1. The van der Waals surface area contributed by atoms with E-state index >= 15 is 0 Å². The number of carbonyl (C=O) groups excluding carboxylic acids is 1. The molecule has 1 aliphatic carbocycles. The van der Waals surface area contributed by atoms with Gasteiger partial charge in [0.2, 0.25) is 0 Å². The van der Waals surface area contributed by atoms with E-state index in [0.29, 0.717) is 18.4 Å². The SMILES string of the molecule is O=C(NC1(C(=O)O)CCCCC1)c1ccnc(Cl)c1. The molecule has 0 saturated heterocycles. The first-order chi connectivity index (χ1) is 9.03. The zero-order valence-corrected chi connectivity index (χ0v) is 11.1. The van der Waals surface area contributed by atoms with Crippen LogP contribution in [0.4, 0.5) is 0 Å². The van der Waals surface area contributed by atoms with Gasteiger partial charge in [0, 0.05) is 11.8 Å². The van der Waals surface area contributed by atoms with Crippen molar-refractivity contribution in [2.24, 2.45) is 0 Å². The Morgan fingerprint density at radius 2 is 2.00 bits per heavy atom. The van der Waals surface area contributed by atoms with Gasteiger partial charge < -0.3 is 10.4 Å². The highest BCUT2D eigenvalue weighted by Gasteiger charge is 2.41. The number of hydrogen-bond donors (Lipinski definition) is 2. The van der Waals surface area contributed by atoms with Crippen LogP contribution in [0.1, 0.15) is 42.5 Å². The van der Waals surface area contributed by atoms with Gasteiger partial charge in [-0.15, -0.1) is 0 Å². The number of halogens is 1. The second-order valence-corrected chi connectivity index (χ2v) is 5.16. The first-order valence-corrected chi connectivity index (χ1v) is 6.59. The minimum Gasteiger partial charge on any atom is -0.480 e. The molecule has 2 rings (SSSR count). The van der Waals surface area contributed by atoms with E-state index in [1.807, 2.05) is 0 Å². The van der Waals surface area contributed by atoms with Gasteiger partial charge in [0.05, 0.1) is 0 Å². The van der Waals surface area contributed by atoms with Gasteiger partial charge in [0.1, 0.15) is 10.7 Å². The molecule has 1 saturated carbocycles. The summed E-state index contributed by atoms with van der Waals surface area (Å²) < 4.78 is 0. The molecule has 0 spiro atoms. The van der Waals surface area contributed by atoms with E-state index in [-0.39, 0.29) is 5.15 Å². The molecule has 0 atom stereocenters. The molecule has 0 unspecified atom stereocenters. The third kappa shape index (κ3) is 3.04. The molecule has 19 heavy (non-hydrogen) atoms. The van der Waals surface area contributed by atoms with Gasteiger partial charge in [-0.2, -0.15) is 0 Å². The standard InChI is InChI=1S/C13H15ClN2O3/c14-10-8-9(4-7-15-10)11(17)16-13(12(18)19)5-2-1-3-6-13/h4,7-8H,1-3,5-6H2,(H,16,17)(H,18,19). The van der Waals surface area contributed by atoms with Gasteiger partial charge in [0.15, 0.2) is 0 Å². The number of carboxylic acid groups (broad SMARTS) is 1. The molecule has 1 amide bonds. The van der Waals surface area contributed by atoms with E-state index < -0.39 is 17.4 Å². The number of rotatable bonds is 3. The van der Waals surface area contributed by atoms with Crippen LogP contribution < -0.4 is 5.32 Å². The molecule has 1 fully saturated rings. The van der Waals surface area contributed by atoms with Gasteiger partial charge >= 0.3 is 5.97 Å². The fourth-order valence-corrected chi connectivity index (χ4v) is 2.55. The lowest BCUT2D eigenvalue weighted by atomic mass is 9.81. The third-order valence-corrected chi connectivity index (χ3v) is 3.66. The van der Waals surface area contributed by atoms with Crippen molar-refractivity contribution in [3.8, 4) is 0 Å². The minimum atomic E-state index is -1.15. The predicted molar refractivity (Wildman–Crippen MR) is 70.2 cm³/mol. The van der Waals surface area contributed by atoms with Crippen molar-refractivity contribution in [1.29, 1.82) is 0 Å². The summed E-state index contributed by atoms with van der Waals surface area (Å²) in [5, 5.41) is 12.2. The number of carbonyl (C=O) groups is 2. The van der Waals surface area contributed by atoms with E-state index in [9.17, 15) is 14.7 Å². The Labute approximate surface area is 116 Å². The summed E-state index contributed by atoms with van der Waals surface area (Å²) in [7, 11) is 0. The first-order valence-electron chi connectivity index (χ1n) is 6.21. The summed E-state index contributed by atoms with van der Waals surface area (Å²) in [6, 6.07) is 2.94. The Kier molecular flexibility index (Phi) is 4.04. The number of nitrogens with zero attached hydrogens (tertiary/aromatic N) is 1. The van der Waals surface area contributed by atoms with Gasteiger partial charge in [-0.05, 0) is 25.0 Å². The highest BCUT2D eigenvalue weighted by Crippen LogP contribution is 2.29. The maximum atomic E-state index is 12.1. The lowest BCUT2D eigenvalue weighted by Gasteiger charge is -2.33. The summed E-state index contributed by atoms with van der Waals surface area (Å²) in [6.45, 7) is 0. The molecule has 1 heterocycles. The summed E-state index contributed by atoms with van der Waals surface area (Å²) in [4.78, 5) is 27.4. The quantitative estimate of drug-likeness (QED) is 0.834. The van der Waals surface area contributed by atoms with Gasteiger partial charge in [0.25, 0.3) is 5.91 Å². The normalized spacial score (nSPS) is 17.7. The molecule has 5 nitrogen and oxygen atoms in total. The Hall–Kier alpha value is -1.62. The summed E-state index contributed by atoms with van der Waals surface area (Å²) in [5.74, 6) is -1.39. The number of hydrogen-bond acceptors (Lipinski definition) is 3. The zero-order chi connectivity index (χ0) is 13.9. The van der Waals surface area contributed by atoms with Crippen molar-refractivity contribution >= 4 is 23.5 Å². The van der Waals surface area contributed by atoms with Crippen molar-refractivity contribution in [3.05, 3.63) is 29.0 Å². The zero-order valence-electron chi connectivity index (χ0n) is 10.4. The predicted octanol–water partition coefficient (Wildman–Crippen LogP) is 2.25. The van der Waals surface area contributed by atoms with Crippen LogP contribution in [-0.4, -0.2) is 27.5 Å². The molecular weight excluding hydrogens is 268 g/mol. The second-order valence-electron chi connectivity index (χ2n) is 4.77. The monoisotopic (exact) mass is 282 g/mol. The number of amides is 1. The fraction of sp³-hybridized carbons (Fsp3) is 0.462. The summed E-state index contributed by atoms with van der Waals surface area (Å²) in [6.07, 6.45) is 4.98. The Balaban J connectivity index is 2.18. The van der Waals surface area contributed by atoms with Crippen LogP contribution in [0.2, 0.25) is 5.15 Å². The summed E-state index contributed by atoms with van der Waals surface area (Å²) >= 11 is 5.72. The smallest absolute Gasteiger partial charge is 0.329 e. The molecule has 102 valence electrons. The molecule has 0 aromatic carbocycles. The largest absolute Gasteiger partial charge is 0.480 e. The van der Waals surface area contributed by atoms with Crippen molar-refractivity contribution in [2.45, 2.75) is 37.6 Å². The Bertz CT molecular complexity index is 498. The van der Waals surface area contributed by atoms with Gasteiger partial charge in [-0.3, -0.25) is 4.79 Å². The maximum absolute atomic E-state index is 12.1. The molecule has 0 bridgehead atoms. The highest BCUT2D eigenvalue weighted by molar-refractivity contribution is 6.29. The first kappa shape index (κ1) is 13.8. The molecule has 0 radical (unpaired) electrons. The second kappa shape index (κ2) is 5.57. The van der Waals surface area contributed by atoms with Gasteiger partial charge in [-0.25, -0.2) is 9.78 Å². The van der Waals surface area contributed by atoms with Gasteiger partial charge in [-0.1, -0.05) is 30.9 Å². The van der Waals surface area contributed by atoms with Crippen LogP contribution in [0.5, 0.6) is 0 Å². The molecule has 6 heteroatoms. The topological polar surface area (TPSA) is 79.3 Å². The molecule has 0 aliphatic heterocycles. The van der Waals surface area contributed by atoms with E-state index in [1.165, 1.54) is 18.3 Å². The number of carboxylic acids is 1. The lowest BCUT2D eigenvalue weighted by molar-refractivity contribution is -0.145. The van der Waals surface area contributed by atoms with Crippen LogP contribution >= 0.6 is 11.6 Å². The average Bonchev–Trinajstić information content (AvgIpc) is 2.39. The number of aliphatic carboxylic acids is 1. The Morgan fingerprint density at radius 1 is 1.32 bits per heavy atom. The van der Waals surface area contributed by atoms with E-state index in [1.54, 1.807) is 0 Å². The number of pyridine rings is 1. The fourth-order valence-electron chi connectivity index (χ4n) is 2.38. The van der Waals surface area contributed by atoms with E-state index in [0.717, 1.165) is 19.3 Å². The van der Waals surface area contributed by atoms with E-state index in [2.05, 4.69) is 10.3 Å². The lowest BCUT2D eigenvalue weighted by Crippen LogP contribution is -2.55. The third-order valence-electron chi connectivity index (χ3n) is 3.46. The minimum absolute atomic E-state index is 0.209. The van der Waals surface area contributed by atoms with Crippen molar-refractivity contribution < 1.29 is 14.7 Å². The molecule has 1 aliphatic rings. The number of nitrogens with one attached hydrogen (secondary N) is 1. The van der Waals surface area contributed by atoms with Crippen LogP contribution in [0.15, 0.2) is 18.3 Å². The van der Waals surface area contributed by atoms with Crippen molar-refractivity contribution in [3.63, 3.8) is 0 Å². The van der Waals surface area contributed by atoms with Crippen LogP contribution in [0.25, 0.3) is 0 Å². The average molecular weight is 283 g/mol. The summed E-state index contributed by atoms with van der Waals surface area (Å²) in [5.41, 5.74) is -0.823. The molecular formula is C13H15ClN2O3. The van der Waals surface area contributed by atoms with Crippen molar-refractivity contribution in [1.82, 2.24) is 10.3 Å². The highest BCUT2D eigenvalue weighted by atomic mass is 35.5. The van der Waals surface area contributed by atoms with Crippen LogP contribution in [0.3, 0.4) is 0 Å². The maximum Gasteiger partial charge on any atom is 0.329 e. The van der Waals surface area contributed by atoms with E-state index in [4.69, 9.17) is 11.6 Å². The van der Waals surface area contributed by atoms with Crippen molar-refractivity contribution in [2.75, 3.05) is 0 Å². The molecule has 1 aromatic rings. The van der Waals surface area contributed by atoms with Crippen LogP contribution in [-0.2, 0) is 4.79 Å². The molecule has 2 N–H and O–H groups in total. The molecule has 1 aromatic heterocycles. The van der Waals surface area contributed by atoms with Crippen LogP contribution in [0, 0.1) is 0 Å². The Morgan fingerprint density at radius 3 is 2.58 bits per heavy atom.